The molecule has 1 unspecified atom stereocenters. The van der Waals surface area contributed by atoms with Crippen LogP contribution in [0.15, 0.2) is 71.8 Å². The maximum absolute atomic E-state index is 13.7. The van der Waals surface area contributed by atoms with Gasteiger partial charge < -0.3 is 26.7 Å². The molecule has 10 heteroatoms. The Morgan fingerprint density at radius 3 is 2.41 bits per heavy atom. The van der Waals surface area contributed by atoms with E-state index in [-0.39, 0.29) is 30.2 Å². The van der Waals surface area contributed by atoms with E-state index >= 15 is 0 Å². The number of fused-ring (bicyclic) bond motifs is 1. The molecule has 200 valence electrons. The molecule has 0 saturated heterocycles. The maximum atomic E-state index is 13.7. The van der Waals surface area contributed by atoms with Crippen molar-refractivity contribution in [2.24, 2.45) is 22.8 Å². The Balaban J connectivity index is 1.76. The third kappa shape index (κ3) is 4.13. The van der Waals surface area contributed by atoms with Crippen LogP contribution in [-0.4, -0.2) is 43.6 Å². The first kappa shape index (κ1) is 26.1. The van der Waals surface area contributed by atoms with Gasteiger partial charge in [0.2, 0.25) is 5.91 Å². The molecular weight excluding hydrogens is 498 g/mol. The lowest BCUT2D eigenvalue weighted by Crippen LogP contribution is -2.60. The zero-order chi connectivity index (χ0) is 27.8. The first-order chi connectivity index (χ1) is 18.7. The predicted octanol–water partition coefficient (Wildman–Crippen LogP) is 2.68. The van der Waals surface area contributed by atoms with Crippen LogP contribution in [0.4, 0.5) is 0 Å². The summed E-state index contributed by atoms with van der Waals surface area (Å²) in [4.78, 5) is 50.2. The Morgan fingerprint density at radius 1 is 1.05 bits per heavy atom. The molecule has 0 radical (unpaired) electrons. The third-order valence-corrected chi connectivity index (χ3v) is 8.16. The number of H-pyrrole nitrogens is 1. The van der Waals surface area contributed by atoms with E-state index in [4.69, 9.17) is 11.5 Å². The fourth-order valence-electron chi connectivity index (χ4n) is 6.13. The van der Waals surface area contributed by atoms with Crippen molar-refractivity contribution < 1.29 is 19.8 Å². The van der Waals surface area contributed by atoms with Gasteiger partial charge in [0.25, 0.3) is 5.56 Å². The number of amides is 1. The van der Waals surface area contributed by atoms with Crippen molar-refractivity contribution in [3.05, 3.63) is 88.6 Å². The van der Waals surface area contributed by atoms with E-state index < -0.39 is 28.3 Å². The van der Waals surface area contributed by atoms with Crippen LogP contribution < -0.4 is 17.0 Å². The maximum Gasteiger partial charge on any atom is 0.311 e. The largest absolute Gasteiger partial charge is 0.507 e. The van der Waals surface area contributed by atoms with Crippen LogP contribution in [0, 0.1) is 11.3 Å². The van der Waals surface area contributed by atoms with Crippen molar-refractivity contribution in [2.45, 2.75) is 31.1 Å². The summed E-state index contributed by atoms with van der Waals surface area (Å²) < 4.78 is 0. The van der Waals surface area contributed by atoms with E-state index in [1.165, 1.54) is 6.33 Å². The van der Waals surface area contributed by atoms with Crippen LogP contribution >= 0.6 is 0 Å². The lowest BCUT2D eigenvalue weighted by atomic mass is 9.51. The second kappa shape index (κ2) is 9.95. The molecule has 1 aliphatic carbocycles. The van der Waals surface area contributed by atoms with Crippen LogP contribution in [0.2, 0.25) is 0 Å². The number of benzene rings is 2. The molecule has 39 heavy (non-hydrogen) atoms. The summed E-state index contributed by atoms with van der Waals surface area (Å²) >= 11 is 0. The predicted molar refractivity (Wildman–Crippen MR) is 145 cm³/mol. The van der Waals surface area contributed by atoms with E-state index in [0.717, 1.165) is 6.07 Å². The van der Waals surface area contributed by atoms with Gasteiger partial charge in [-0.15, -0.1) is 0 Å². The molecule has 2 heterocycles. The number of rotatable bonds is 7. The average Bonchev–Trinajstić information content (AvgIpc) is 2.94. The smallest absolute Gasteiger partial charge is 0.311 e. The SMILES string of the molecule is NCC1CCC(C(=O)O)(C(C(N)=O)(c2ccccc2)c2cc(-c3ccc4[nH]c(=O)cc(O)c4c3)ncn2)CC1. The number of primary amides is 1. The normalized spacial score (nSPS) is 20.8. The Morgan fingerprint density at radius 2 is 1.77 bits per heavy atom. The number of hydrogen-bond donors (Lipinski definition) is 5. The van der Waals surface area contributed by atoms with Crippen molar-refractivity contribution >= 4 is 22.8 Å². The first-order valence-corrected chi connectivity index (χ1v) is 12.7. The Kier molecular flexibility index (Phi) is 6.65. The van der Waals surface area contributed by atoms with Crippen LogP contribution in [0.25, 0.3) is 22.2 Å². The number of pyridine rings is 1. The van der Waals surface area contributed by atoms with Gasteiger partial charge in [-0.2, -0.15) is 0 Å². The van der Waals surface area contributed by atoms with Crippen LogP contribution in [0.3, 0.4) is 0 Å². The number of nitrogens with two attached hydrogens (primary N) is 2. The van der Waals surface area contributed by atoms with E-state index in [2.05, 4.69) is 15.0 Å². The van der Waals surface area contributed by atoms with E-state index in [9.17, 15) is 24.6 Å². The van der Waals surface area contributed by atoms with Gasteiger partial charge in [0, 0.05) is 17.0 Å². The van der Waals surface area contributed by atoms with Gasteiger partial charge in [-0.05, 0) is 61.9 Å². The van der Waals surface area contributed by atoms with Gasteiger partial charge in [-0.3, -0.25) is 14.4 Å². The zero-order valence-corrected chi connectivity index (χ0v) is 21.1. The minimum absolute atomic E-state index is 0.150. The van der Waals surface area contributed by atoms with Crippen molar-refractivity contribution in [3.63, 3.8) is 0 Å². The number of hydrogen-bond acceptors (Lipinski definition) is 7. The summed E-state index contributed by atoms with van der Waals surface area (Å²) in [7, 11) is 0. The van der Waals surface area contributed by atoms with Gasteiger partial charge in [0.15, 0.2) is 0 Å². The van der Waals surface area contributed by atoms with Gasteiger partial charge in [-0.1, -0.05) is 36.4 Å². The number of nitrogens with zero attached hydrogens (tertiary/aromatic N) is 2. The van der Waals surface area contributed by atoms with Gasteiger partial charge >= 0.3 is 5.97 Å². The summed E-state index contributed by atoms with van der Waals surface area (Å²) in [6.45, 7) is 0.433. The van der Waals surface area contributed by atoms with Gasteiger partial charge in [0.1, 0.15) is 17.5 Å². The van der Waals surface area contributed by atoms with Crippen molar-refractivity contribution in [1.82, 2.24) is 15.0 Å². The molecule has 1 amide bonds. The van der Waals surface area contributed by atoms with Crippen molar-refractivity contribution in [1.29, 1.82) is 0 Å². The molecule has 5 rings (SSSR count). The molecule has 0 bridgehead atoms. The quantitative estimate of drug-likeness (QED) is 0.243. The highest BCUT2D eigenvalue weighted by Crippen LogP contribution is 2.55. The van der Waals surface area contributed by atoms with Gasteiger partial charge in [0.05, 0.1) is 22.3 Å². The Bertz CT molecular complexity index is 1610. The van der Waals surface area contributed by atoms with Crippen molar-refractivity contribution in [3.8, 4) is 17.0 Å². The summed E-state index contributed by atoms with van der Waals surface area (Å²) in [5.41, 5.74) is 10.3. The highest BCUT2D eigenvalue weighted by molar-refractivity contribution is 5.98. The standard InChI is InChI=1S/C29H29N5O5/c30-15-17-8-10-28(11-9-17,27(38)39)29(26(31)37,19-4-2-1-3-5-19)24-13-22(32-16-33-24)18-6-7-21-20(12-18)23(35)14-25(36)34-21/h1-7,12-14,16-17H,8-11,15,30H2,(H2,31,37)(H,38,39)(H2,34,35,36). The average molecular weight is 528 g/mol. The molecule has 7 N–H and O–H groups in total. The molecular formula is C29H29N5O5. The molecule has 0 aliphatic heterocycles. The minimum Gasteiger partial charge on any atom is -0.507 e. The topological polar surface area (TPSA) is 185 Å². The molecule has 10 nitrogen and oxygen atoms in total. The molecule has 1 saturated carbocycles. The summed E-state index contributed by atoms with van der Waals surface area (Å²) in [5, 5.41) is 21.5. The number of aromatic hydroxyl groups is 1. The van der Waals surface area contributed by atoms with Gasteiger partial charge in [-0.25, -0.2) is 9.97 Å². The molecule has 1 aliphatic rings. The molecule has 0 spiro atoms. The highest BCUT2D eigenvalue weighted by atomic mass is 16.4. The Labute approximate surface area is 223 Å². The number of aromatic nitrogens is 3. The number of carbonyl (C=O) groups is 2. The summed E-state index contributed by atoms with van der Waals surface area (Å²) in [5.74, 6) is -1.99. The Hall–Kier alpha value is -4.57. The third-order valence-electron chi connectivity index (χ3n) is 8.16. The fourth-order valence-corrected chi connectivity index (χ4v) is 6.13. The summed E-state index contributed by atoms with van der Waals surface area (Å²) in [6.07, 6.45) is 2.73. The van der Waals surface area contributed by atoms with E-state index in [1.807, 2.05) is 0 Å². The van der Waals surface area contributed by atoms with E-state index in [0.29, 0.717) is 47.1 Å². The first-order valence-electron chi connectivity index (χ1n) is 12.7. The molecule has 2 aromatic carbocycles. The highest BCUT2D eigenvalue weighted by Gasteiger charge is 2.63. The van der Waals surface area contributed by atoms with Crippen LogP contribution in [-0.2, 0) is 15.0 Å². The number of carboxylic acid groups (broad SMARTS) is 1. The lowest BCUT2D eigenvalue weighted by molar-refractivity contribution is -0.160. The lowest BCUT2D eigenvalue weighted by Gasteiger charge is -2.49. The molecule has 2 aromatic heterocycles. The summed E-state index contributed by atoms with van der Waals surface area (Å²) in [6, 6.07) is 16.3. The number of carbonyl (C=O) groups excluding carboxylic acids is 1. The molecule has 1 atom stereocenters. The monoisotopic (exact) mass is 527 g/mol. The van der Waals surface area contributed by atoms with E-state index in [1.54, 1.807) is 54.6 Å². The second-order valence-corrected chi connectivity index (χ2v) is 10.1. The van der Waals surface area contributed by atoms with Crippen LogP contribution in [0.5, 0.6) is 5.75 Å². The second-order valence-electron chi connectivity index (χ2n) is 10.1. The van der Waals surface area contributed by atoms with Crippen LogP contribution in [0.1, 0.15) is 36.9 Å². The number of aliphatic carboxylic acids is 1. The minimum atomic E-state index is -1.80. The van der Waals surface area contributed by atoms with Crippen molar-refractivity contribution in [2.75, 3.05) is 6.54 Å². The number of carboxylic acids is 1. The number of nitrogens with one attached hydrogen (secondary N) is 1. The number of aromatic amines is 1. The zero-order valence-electron chi connectivity index (χ0n) is 21.1. The fraction of sp³-hybridized carbons (Fsp3) is 0.276. The molecule has 4 aromatic rings. The molecule has 1 fully saturated rings.